The Bertz CT molecular complexity index is 131. The predicted octanol–water partition coefficient (Wildman–Crippen LogP) is 4.23. The van der Waals surface area contributed by atoms with Crippen molar-refractivity contribution in [2.45, 2.75) is 59.3 Å². The van der Waals surface area contributed by atoms with E-state index in [0.717, 1.165) is 11.7 Å². The number of hydrogen-bond donors (Lipinski definition) is 1. The third kappa shape index (κ3) is 8.46. The van der Waals surface area contributed by atoms with Crippen molar-refractivity contribution in [3.8, 4) is 0 Å². The minimum atomic E-state index is 0.794. The van der Waals surface area contributed by atoms with E-state index < -0.39 is 0 Å². The zero-order valence-corrected chi connectivity index (χ0v) is 12.4. The molecular formula is C14H31NS. The Morgan fingerprint density at radius 2 is 1.50 bits per heavy atom. The number of hydrogen-bond acceptors (Lipinski definition) is 2. The average Bonchev–Trinajstić information content (AvgIpc) is 2.31. The molecule has 0 aliphatic heterocycles. The maximum Gasteiger partial charge on any atom is 0.00175 e. The topological polar surface area (TPSA) is 3.24 Å². The summed E-state index contributed by atoms with van der Waals surface area (Å²) in [6, 6.07) is 0. The van der Waals surface area contributed by atoms with Crippen LogP contribution in [0.2, 0.25) is 0 Å². The van der Waals surface area contributed by atoms with E-state index in [-0.39, 0.29) is 0 Å². The Balaban J connectivity index is 3.94. The van der Waals surface area contributed by atoms with Crippen molar-refractivity contribution in [1.29, 1.82) is 0 Å². The Hall–Kier alpha value is 0.310. The van der Waals surface area contributed by atoms with Crippen molar-refractivity contribution in [3.63, 3.8) is 0 Å². The Morgan fingerprint density at radius 3 is 1.88 bits per heavy atom. The van der Waals surface area contributed by atoms with Gasteiger partial charge in [0, 0.05) is 6.54 Å². The van der Waals surface area contributed by atoms with Gasteiger partial charge in [0.2, 0.25) is 0 Å². The van der Waals surface area contributed by atoms with Crippen LogP contribution < -0.4 is 0 Å². The van der Waals surface area contributed by atoms with Gasteiger partial charge in [-0.3, -0.25) is 0 Å². The largest absolute Gasteiger partial charge is 0.303 e. The van der Waals surface area contributed by atoms with Gasteiger partial charge in [0.1, 0.15) is 0 Å². The van der Waals surface area contributed by atoms with Crippen LogP contribution in [0.3, 0.4) is 0 Å². The van der Waals surface area contributed by atoms with Gasteiger partial charge in [-0.05, 0) is 44.0 Å². The number of unbranched alkanes of at least 4 members (excludes halogenated alkanes) is 2. The second-order valence-electron chi connectivity index (χ2n) is 4.84. The van der Waals surface area contributed by atoms with Crippen molar-refractivity contribution >= 4 is 12.6 Å². The van der Waals surface area contributed by atoms with E-state index in [9.17, 15) is 0 Å². The quantitative estimate of drug-likeness (QED) is 0.533. The van der Waals surface area contributed by atoms with Crippen molar-refractivity contribution in [2.75, 3.05) is 25.4 Å². The summed E-state index contributed by atoms with van der Waals surface area (Å²) in [5, 5.41) is 0. The summed E-state index contributed by atoms with van der Waals surface area (Å²) in [5.41, 5.74) is 0. The maximum atomic E-state index is 4.48. The molecular weight excluding hydrogens is 214 g/mol. The molecule has 0 aromatic heterocycles. The molecule has 2 heteroatoms. The fourth-order valence-electron chi connectivity index (χ4n) is 2.07. The minimum absolute atomic E-state index is 0.794. The maximum absolute atomic E-state index is 4.48. The van der Waals surface area contributed by atoms with E-state index in [1.54, 1.807) is 0 Å². The number of rotatable bonds is 11. The van der Waals surface area contributed by atoms with Gasteiger partial charge in [-0.1, -0.05) is 40.0 Å². The molecule has 0 aromatic rings. The van der Waals surface area contributed by atoms with Crippen LogP contribution in [0, 0.1) is 5.92 Å². The van der Waals surface area contributed by atoms with Crippen LogP contribution in [-0.2, 0) is 0 Å². The van der Waals surface area contributed by atoms with Gasteiger partial charge < -0.3 is 4.90 Å². The summed E-state index contributed by atoms with van der Waals surface area (Å²) in [6.07, 6.45) is 7.92. The highest BCUT2D eigenvalue weighted by Gasteiger charge is 2.11. The fraction of sp³-hybridized carbons (Fsp3) is 1.00. The third-order valence-corrected chi connectivity index (χ3v) is 3.64. The highest BCUT2D eigenvalue weighted by molar-refractivity contribution is 7.80. The van der Waals surface area contributed by atoms with Crippen LogP contribution in [0.4, 0.5) is 0 Å². The first-order valence-corrected chi connectivity index (χ1v) is 7.74. The van der Waals surface area contributed by atoms with Crippen molar-refractivity contribution in [2.24, 2.45) is 5.92 Å². The zero-order valence-electron chi connectivity index (χ0n) is 11.5. The first-order chi connectivity index (χ1) is 7.78. The van der Waals surface area contributed by atoms with Gasteiger partial charge in [0.05, 0.1) is 0 Å². The first-order valence-electron chi connectivity index (χ1n) is 7.11. The molecule has 0 heterocycles. The van der Waals surface area contributed by atoms with Crippen LogP contribution >= 0.6 is 12.6 Å². The van der Waals surface area contributed by atoms with Gasteiger partial charge in [-0.25, -0.2) is 0 Å². The molecule has 0 N–H and O–H groups in total. The van der Waals surface area contributed by atoms with Crippen LogP contribution in [0.15, 0.2) is 0 Å². The summed E-state index contributed by atoms with van der Waals surface area (Å²) in [5.74, 6) is 1.84. The lowest BCUT2D eigenvalue weighted by Gasteiger charge is -2.26. The lowest BCUT2D eigenvalue weighted by Crippen LogP contribution is -2.32. The number of nitrogens with zero attached hydrogens (tertiary/aromatic N) is 1. The molecule has 0 spiro atoms. The van der Waals surface area contributed by atoms with Gasteiger partial charge >= 0.3 is 0 Å². The standard InChI is InChI=1S/C14H31NS/c1-4-7-10-15(11-8-5-2)12-14(13-16)9-6-3/h14,16H,4-13H2,1-3H3. The molecule has 0 aliphatic carbocycles. The first kappa shape index (κ1) is 16.3. The van der Waals surface area contributed by atoms with Crippen molar-refractivity contribution in [3.05, 3.63) is 0 Å². The molecule has 1 unspecified atom stereocenters. The van der Waals surface area contributed by atoms with Gasteiger partial charge in [-0.15, -0.1) is 0 Å². The van der Waals surface area contributed by atoms with Crippen LogP contribution in [0.1, 0.15) is 59.3 Å². The lowest BCUT2D eigenvalue weighted by atomic mass is 10.0. The molecule has 0 amide bonds. The fourth-order valence-corrected chi connectivity index (χ4v) is 2.37. The summed E-state index contributed by atoms with van der Waals surface area (Å²) in [4.78, 5) is 2.66. The molecule has 0 saturated carbocycles. The van der Waals surface area contributed by atoms with E-state index in [0.29, 0.717) is 0 Å². The molecule has 98 valence electrons. The SMILES string of the molecule is CCCCN(CCCC)CC(CS)CCC. The Morgan fingerprint density at radius 1 is 0.938 bits per heavy atom. The zero-order chi connectivity index (χ0) is 12.2. The summed E-state index contributed by atoms with van der Waals surface area (Å²) in [6.45, 7) is 10.7. The molecule has 0 radical (unpaired) electrons. The molecule has 0 aromatic carbocycles. The monoisotopic (exact) mass is 245 g/mol. The summed E-state index contributed by atoms with van der Waals surface area (Å²) < 4.78 is 0. The molecule has 0 fully saturated rings. The molecule has 0 rings (SSSR count). The van der Waals surface area contributed by atoms with E-state index in [1.165, 1.54) is 58.2 Å². The normalized spacial score (nSPS) is 13.3. The predicted molar refractivity (Wildman–Crippen MR) is 78.5 cm³/mol. The summed E-state index contributed by atoms with van der Waals surface area (Å²) in [7, 11) is 0. The molecule has 0 aliphatic rings. The Labute approximate surface area is 108 Å². The third-order valence-electron chi connectivity index (χ3n) is 3.13. The van der Waals surface area contributed by atoms with Crippen LogP contribution in [0.25, 0.3) is 0 Å². The highest BCUT2D eigenvalue weighted by atomic mass is 32.1. The van der Waals surface area contributed by atoms with Crippen molar-refractivity contribution in [1.82, 2.24) is 4.90 Å². The van der Waals surface area contributed by atoms with E-state index in [1.807, 2.05) is 0 Å². The van der Waals surface area contributed by atoms with Gasteiger partial charge in [0.15, 0.2) is 0 Å². The van der Waals surface area contributed by atoms with Crippen LogP contribution in [0.5, 0.6) is 0 Å². The van der Waals surface area contributed by atoms with E-state index in [2.05, 4.69) is 38.3 Å². The van der Waals surface area contributed by atoms with Gasteiger partial charge in [0.25, 0.3) is 0 Å². The number of thiol groups is 1. The van der Waals surface area contributed by atoms with Crippen LogP contribution in [-0.4, -0.2) is 30.3 Å². The molecule has 0 saturated heterocycles. The van der Waals surface area contributed by atoms with E-state index >= 15 is 0 Å². The van der Waals surface area contributed by atoms with E-state index in [4.69, 9.17) is 0 Å². The second kappa shape index (κ2) is 11.8. The molecule has 1 atom stereocenters. The smallest absolute Gasteiger partial charge is 0.00175 e. The average molecular weight is 245 g/mol. The second-order valence-corrected chi connectivity index (χ2v) is 5.21. The minimum Gasteiger partial charge on any atom is -0.303 e. The molecule has 16 heavy (non-hydrogen) atoms. The Kier molecular flexibility index (Phi) is 12.0. The molecule has 0 bridgehead atoms. The highest BCUT2D eigenvalue weighted by Crippen LogP contribution is 2.12. The van der Waals surface area contributed by atoms with Gasteiger partial charge in [-0.2, -0.15) is 12.6 Å². The lowest BCUT2D eigenvalue weighted by molar-refractivity contribution is 0.227. The van der Waals surface area contributed by atoms with Crippen molar-refractivity contribution < 1.29 is 0 Å². The molecule has 1 nitrogen and oxygen atoms in total. The summed E-state index contributed by atoms with van der Waals surface area (Å²) >= 11 is 4.48.